The summed E-state index contributed by atoms with van der Waals surface area (Å²) >= 11 is 0. The topological polar surface area (TPSA) is 55.8 Å². The van der Waals surface area contributed by atoms with Gasteiger partial charge in [-0.15, -0.1) is 0 Å². The van der Waals surface area contributed by atoms with Gasteiger partial charge in [-0.25, -0.2) is 0 Å². The molecular weight excluding hydrogens is 232 g/mol. The van der Waals surface area contributed by atoms with Gasteiger partial charge in [0.2, 0.25) is 0 Å². The molecule has 1 N–H and O–H groups in total. The summed E-state index contributed by atoms with van der Waals surface area (Å²) in [5, 5.41) is 9.02. The van der Waals surface area contributed by atoms with Gasteiger partial charge in [0, 0.05) is 11.0 Å². The molecule has 0 atom stereocenters. The lowest BCUT2D eigenvalue weighted by Gasteiger charge is -2.29. The zero-order chi connectivity index (χ0) is 12.6. The summed E-state index contributed by atoms with van der Waals surface area (Å²) < 4.78 is 11.0. The molecule has 2 fully saturated rings. The van der Waals surface area contributed by atoms with Gasteiger partial charge in [-0.1, -0.05) is 18.2 Å². The van der Waals surface area contributed by atoms with Crippen molar-refractivity contribution < 1.29 is 19.4 Å². The van der Waals surface area contributed by atoms with Gasteiger partial charge in [-0.3, -0.25) is 4.79 Å². The van der Waals surface area contributed by atoms with Crippen LogP contribution in [0.5, 0.6) is 5.75 Å². The van der Waals surface area contributed by atoms with Gasteiger partial charge < -0.3 is 14.6 Å². The average molecular weight is 248 g/mol. The number of aliphatic carboxylic acids is 1. The molecule has 0 spiro atoms. The van der Waals surface area contributed by atoms with E-state index in [0.29, 0.717) is 13.2 Å². The molecule has 4 nitrogen and oxygen atoms in total. The second-order valence-electron chi connectivity index (χ2n) is 5.12. The summed E-state index contributed by atoms with van der Waals surface area (Å²) in [6, 6.07) is 7.79. The lowest BCUT2D eigenvalue weighted by molar-refractivity contribution is -0.137. The van der Waals surface area contributed by atoms with Crippen molar-refractivity contribution in [3.8, 4) is 5.75 Å². The first-order chi connectivity index (χ1) is 8.70. The zero-order valence-corrected chi connectivity index (χ0v) is 10.1. The summed E-state index contributed by atoms with van der Waals surface area (Å²) in [6.45, 7) is 1.25. The summed E-state index contributed by atoms with van der Waals surface area (Å²) in [4.78, 5) is 11.0. The summed E-state index contributed by atoms with van der Waals surface area (Å²) in [5.74, 6) is 0.0823. The number of benzene rings is 1. The van der Waals surface area contributed by atoms with E-state index in [0.717, 1.165) is 24.2 Å². The fraction of sp³-hybridized carbons (Fsp3) is 0.500. The van der Waals surface area contributed by atoms with Crippen LogP contribution in [0, 0.1) is 0 Å². The second kappa shape index (κ2) is 4.28. The lowest BCUT2D eigenvalue weighted by Crippen LogP contribution is -2.39. The highest BCUT2D eigenvalue weighted by molar-refractivity contribution is 5.70. The van der Waals surface area contributed by atoms with Crippen LogP contribution in [0.25, 0.3) is 0 Å². The van der Waals surface area contributed by atoms with Gasteiger partial charge in [-0.05, 0) is 18.9 Å². The van der Waals surface area contributed by atoms with E-state index in [1.165, 1.54) is 0 Å². The molecule has 1 saturated heterocycles. The van der Waals surface area contributed by atoms with Crippen LogP contribution in [0.2, 0.25) is 0 Å². The molecule has 4 heteroatoms. The van der Waals surface area contributed by atoms with Gasteiger partial charge in [-0.2, -0.15) is 0 Å². The van der Waals surface area contributed by atoms with E-state index in [1.54, 1.807) is 0 Å². The van der Waals surface area contributed by atoms with Crippen molar-refractivity contribution in [2.45, 2.75) is 30.8 Å². The average Bonchev–Trinajstić information content (AvgIpc) is 3.04. The van der Waals surface area contributed by atoms with Crippen molar-refractivity contribution >= 4 is 5.97 Å². The summed E-state index contributed by atoms with van der Waals surface area (Å²) in [7, 11) is 0. The highest BCUT2D eigenvalue weighted by Gasteiger charge is 2.47. The first kappa shape index (κ1) is 11.5. The summed E-state index contributed by atoms with van der Waals surface area (Å²) in [5.41, 5.74) is 0.840. The molecule has 0 amide bonds. The Labute approximate surface area is 106 Å². The maximum atomic E-state index is 11.0. The molecule has 0 bridgehead atoms. The van der Waals surface area contributed by atoms with E-state index in [4.69, 9.17) is 14.6 Å². The van der Waals surface area contributed by atoms with Crippen molar-refractivity contribution in [2.24, 2.45) is 0 Å². The third kappa shape index (κ3) is 2.08. The molecule has 1 aliphatic heterocycles. The molecule has 0 unspecified atom stereocenters. The lowest BCUT2D eigenvalue weighted by atomic mass is 9.91. The summed E-state index contributed by atoms with van der Waals surface area (Å²) in [6.07, 6.45) is 2.17. The van der Waals surface area contributed by atoms with Crippen molar-refractivity contribution in [2.75, 3.05) is 13.2 Å². The number of carboxylic acids is 1. The van der Waals surface area contributed by atoms with Crippen molar-refractivity contribution in [3.05, 3.63) is 29.8 Å². The monoisotopic (exact) mass is 248 g/mol. The molecule has 0 aromatic heterocycles. The molecule has 1 aromatic carbocycles. The third-order valence-electron chi connectivity index (χ3n) is 3.70. The van der Waals surface area contributed by atoms with Crippen LogP contribution in [0.3, 0.4) is 0 Å². The molecule has 1 saturated carbocycles. The largest absolute Gasteiger partial charge is 0.485 e. The Kier molecular flexibility index (Phi) is 2.74. The Morgan fingerprint density at radius 1 is 1.39 bits per heavy atom. The Balaban J connectivity index is 1.84. The molecule has 0 radical (unpaired) electrons. The number of rotatable bonds is 5. The molecule has 1 aromatic rings. The van der Waals surface area contributed by atoms with Crippen LogP contribution >= 0.6 is 0 Å². The highest BCUT2D eigenvalue weighted by Crippen LogP contribution is 2.53. The quantitative estimate of drug-likeness (QED) is 0.865. The van der Waals surface area contributed by atoms with E-state index in [1.807, 2.05) is 24.3 Å². The molecule has 1 heterocycles. The molecule has 96 valence electrons. The Morgan fingerprint density at radius 2 is 2.11 bits per heavy atom. The smallest absolute Gasteiger partial charge is 0.304 e. The van der Waals surface area contributed by atoms with Gasteiger partial charge in [0.1, 0.15) is 11.9 Å². The van der Waals surface area contributed by atoms with E-state index < -0.39 is 5.97 Å². The maximum Gasteiger partial charge on any atom is 0.304 e. The predicted molar refractivity (Wildman–Crippen MR) is 64.8 cm³/mol. The first-order valence-electron chi connectivity index (χ1n) is 6.25. The minimum Gasteiger partial charge on any atom is -0.485 e. The van der Waals surface area contributed by atoms with Crippen molar-refractivity contribution in [1.82, 2.24) is 0 Å². The van der Waals surface area contributed by atoms with Crippen LogP contribution < -0.4 is 4.74 Å². The number of carbonyl (C=O) groups is 1. The fourth-order valence-electron chi connectivity index (χ4n) is 2.45. The fourth-order valence-corrected chi connectivity index (χ4v) is 2.45. The maximum absolute atomic E-state index is 11.0. The normalized spacial score (nSPS) is 21.1. The molecule has 1 aliphatic carbocycles. The SMILES string of the molecule is O=C(O)CC1(c2ccccc2OC2COC2)CC1. The van der Waals surface area contributed by atoms with Gasteiger partial charge in [0.05, 0.1) is 19.6 Å². The van der Waals surface area contributed by atoms with E-state index >= 15 is 0 Å². The van der Waals surface area contributed by atoms with Crippen molar-refractivity contribution in [1.29, 1.82) is 0 Å². The Morgan fingerprint density at radius 3 is 2.67 bits per heavy atom. The van der Waals surface area contributed by atoms with Gasteiger partial charge in [0.25, 0.3) is 0 Å². The van der Waals surface area contributed by atoms with E-state index in [-0.39, 0.29) is 17.9 Å². The zero-order valence-electron chi connectivity index (χ0n) is 10.1. The predicted octanol–water partition coefficient (Wildman–Crippen LogP) is 1.97. The highest BCUT2D eigenvalue weighted by atomic mass is 16.6. The number of ether oxygens (including phenoxy) is 2. The van der Waals surface area contributed by atoms with E-state index in [9.17, 15) is 4.79 Å². The standard InChI is InChI=1S/C14H16O4/c15-13(16)7-14(5-6-14)11-3-1-2-4-12(11)18-10-8-17-9-10/h1-4,10H,5-9H2,(H,15,16). The number of carboxylic acid groups (broad SMARTS) is 1. The third-order valence-corrected chi connectivity index (χ3v) is 3.70. The number of hydrogen-bond donors (Lipinski definition) is 1. The molecular formula is C14H16O4. The first-order valence-corrected chi connectivity index (χ1v) is 6.25. The molecule has 18 heavy (non-hydrogen) atoms. The van der Waals surface area contributed by atoms with Crippen molar-refractivity contribution in [3.63, 3.8) is 0 Å². The van der Waals surface area contributed by atoms with Crippen LogP contribution in [0.4, 0.5) is 0 Å². The van der Waals surface area contributed by atoms with Crippen LogP contribution in [-0.4, -0.2) is 30.4 Å². The van der Waals surface area contributed by atoms with Gasteiger partial charge in [0.15, 0.2) is 0 Å². The molecule has 3 rings (SSSR count). The molecule has 2 aliphatic rings. The minimum absolute atomic E-state index is 0.117. The number of para-hydroxylation sites is 1. The Hall–Kier alpha value is -1.55. The van der Waals surface area contributed by atoms with Gasteiger partial charge >= 0.3 is 5.97 Å². The van der Waals surface area contributed by atoms with E-state index in [2.05, 4.69) is 0 Å². The Bertz CT molecular complexity index is 461. The minimum atomic E-state index is -0.741. The van der Waals surface area contributed by atoms with Crippen LogP contribution in [0.1, 0.15) is 24.8 Å². The number of hydrogen-bond acceptors (Lipinski definition) is 3. The second-order valence-corrected chi connectivity index (χ2v) is 5.12. The van der Waals surface area contributed by atoms with Crippen LogP contribution in [-0.2, 0) is 14.9 Å². The van der Waals surface area contributed by atoms with Crippen LogP contribution in [0.15, 0.2) is 24.3 Å².